The van der Waals surface area contributed by atoms with Crippen LogP contribution in [0.25, 0.3) is 28.2 Å². The van der Waals surface area contributed by atoms with Gasteiger partial charge in [-0.2, -0.15) is 0 Å². The van der Waals surface area contributed by atoms with Crippen molar-refractivity contribution >= 4 is 22.6 Å². The van der Waals surface area contributed by atoms with E-state index in [0.717, 1.165) is 41.1 Å². The molecule has 4 aromatic rings. The summed E-state index contributed by atoms with van der Waals surface area (Å²) in [5.74, 6) is -0.162. The summed E-state index contributed by atoms with van der Waals surface area (Å²) in [4.78, 5) is 25.7. The first-order valence-corrected chi connectivity index (χ1v) is 11.8. The quantitative estimate of drug-likeness (QED) is 0.292. The monoisotopic (exact) mass is 476 g/mol. The number of hydrogen-bond acceptors (Lipinski definition) is 4. The van der Waals surface area contributed by atoms with Crippen LogP contribution in [0.4, 0.5) is 4.39 Å². The molecule has 6 heteroatoms. The number of aromatic nitrogens is 4. The molecule has 0 saturated carbocycles. The first-order valence-electron chi connectivity index (χ1n) is 11.8. The molecule has 178 valence electrons. The number of pyridine rings is 2. The van der Waals surface area contributed by atoms with Crippen molar-refractivity contribution in [2.24, 2.45) is 0 Å². The van der Waals surface area contributed by atoms with Gasteiger partial charge in [-0.15, -0.1) is 0 Å². The van der Waals surface area contributed by atoms with Crippen LogP contribution in [0, 0.1) is 5.82 Å². The Morgan fingerprint density at radius 2 is 1.92 bits per heavy atom. The lowest BCUT2D eigenvalue weighted by atomic mass is 9.94. The fraction of sp³-hybridized carbons (Fsp3) is 0.133. The Balaban J connectivity index is 1.54. The second kappa shape index (κ2) is 10.0. The average Bonchev–Trinajstić information content (AvgIpc) is 3.39. The van der Waals surface area contributed by atoms with E-state index in [2.05, 4.69) is 16.5 Å². The number of ketones is 1. The van der Waals surface area contributed by atoms with Gasteiger partial charge in [0, 0.05) is 36.3 Å². The van der Waals surface area contributed by atoms with E-state index < -0.39 is 0 Å². The largest absolute Gasteiger partial charge is 0.306 e. The van der Waals surface area contributed by atoms with Crippen molar-refractivity contribution in [2.45, 2.75) is 26.2 Å². The molecule has 3 aromatic heterocycles. The maximum absolute atomic E-state index is 13.8. The Labute approximate surface area is 209 Å². The number of fused-ring (bicyclic) bond motifs is 1. The molecular weight excluding hydrogens is 451 g/mol. The Morgan fingerprint density at radius 3 is 2.72 bits per heavy atom. The predicted octanol–water partition coefficient (Wildman–Crippen LogP) is 6.66. The number of imidazole rings is 1. The van der Waals surface area contributed by atoms with E-state index in [9.17, 15) is 9.18 Å². The van der Waals surface area contributed by atoms with Gasteiger partial charge in [0.25, 0.3) is 0 Å². The van der Waals surface area contributed by atoms with Gasteiger partial charge < -0.3 is 4.57 Å². The zero-order chi connectivity index (χ0) is 25.1. The number of hydrogen-bond donors (Lipinski definition) is 0. The van der Waals surface area contributed by atoms with Crippen LogP contribution in [0.2, 0.25) is 0 Å². The summed E-state index contributed by atoms with van der Waals surface area (Å²) in [6.45, 7) is 6.18. The van der Waals surface area contributed by atoms with Gasteiger partial charge in [0.05, 0.1) is 17.7 Å². The van der Waals surface area contributed by atoms with Crippen molar-refractivity contribution in [3.05, 3.63) is 120 Å². The van der Waals surface area contributed by atoms with Gasteiger partial charge in [0.15, 0.2) is 5.78 Å². The van der Waals surface area contributed by atoms with Gasteiger partial charge in [0.2, 0.25) is 0 Å². The third kappa shape index (κ3) is 4.98. The molecule has 36 heavy (non-hydrogen) atoms. The maximum atomic E-state index is 13.8. The molecule has 0 radical (unpaired) electrons. The molecule has 1 aliphatic rings. The topological polar surface area (TPSA) is 60.7 Å². The Morgan fingerprint density at radius 1 is 1.06 bits per heavy atom. The number of Topliss-reactive ketones (excluding diaryl/α,β-unsaturated/α-hetero) is 1. The highest BCUT2D eigenvalue weighted by atomic mass is 19.1. The van der Waals surface area contributed by atoms with Gasteiger partial charge in [0.1, 0.15) is 11.5 Å². The maximum Gasteiger partial charge on any atom is 0.164 e. The predicted molar refractivity (Wildman–Crippen MR) is 140 cm³/mol. The Hall–Kier alpha value is -4.45. The molecule has 0 atom stereocenters. The second-order valence-corrected chi connectivity index (χ2v) is 8.81. The fourth-order valence-corrected chi connectivity index (χ4v) is 4.28. The molecule has 3 heterocycles. The van der Waals surface area contributed by atoms with Crippen molar-refractivity contribution in [2.75, 3.05) is 0 Å². The summed E-state index contributed by atoms with van der Waals surface area (Å²) in [5.41, 5.74) is 7.12. The summed E-state index contributed by atoms with van der Waals surface area (Å²) in [6.07, 6.45) is 13.3. The molecular formula is C30H25FN4O. The average molecular weight is 477 g/mol. The van der Waals surface area contributed by atoms with Crippen LogP contribution in [-0.4, -0.2) is 25.3 Å². The van der Waals surface area contributed by atoms with Crippen LogP contribution in [0.5, 0.6) is 0 Å². The summed E-state index contributed by atoms with van der Waals surface area (Å²) < 4.78 is 15.7. The zero-order valence-corrected chi connectivity index (χ0v) is 20.0. The number of allylic oxidation sites excluding steroid dienone is 5. The van der Waals surface area contributed by atoms with Crippen LogP contribution in [0.1, 0.15) is 46.9 Å². The molecule has 0 amide bonds. The number of carbonyl (C=O) groups excluding carboxylic acids is 1. The molecule has 0 fully saturated rings. The van der Waals surface area contributed by atoms with Gasteiger partial charge in [-0.05, 0) is 84.5 Å². The van der Waals surface area contributed by atoms with Crippen molar-refractivity contribution in [1.82, 2.24) is 19.5 Å². The van der Waals surface area contributed by atoms with E-state index >= 15 is 0 Å². The van der Waals surface area contributed by atoms with Gasteiger partial charge in [-0.1, -0.05) is 24.8 Å². The summed E-state index contributed by atoms with van der Waals surface area (Å²) in [6, 6.07) is 14.0. The highest BCUT2D eigenvalue weighted by Crippen LogP contribution is 2.27. The van der Waals surface area contributed by atoms with Crippen LogP contribution in [0.15, 0.2) is 92.2 Å². The van der Waals surface area contributed by atoms with Gasteiger partial charge in [-0.3, -0.25) is 14.8 Å². The number of benzene rings is 1. The summed E-state index contributed by atoms with van der Waals surface area (Å²) >= 11 is 0. The van der Waals surface area contributed by atoms with Crippen LogP contribution in [0.3, 0.4) is 0 Å². The number of carbonyl (C=O) groups is 1. The number of nitrogens with zero attached hydrogens (tertiary/aromatic N) is 4. The third-order valence-corrected chi connectivity index (χ3v) is 6.23. The van der Waals surface area contributed by atoms with Gasteiger partial charge in [-0.25, -0.2) is 9.37 Å². The Bertz CT molecular complexity index is 1510. The lowest BCUT2D eigenvalue weighted by Gasteiger charge is -2.13. The molecule has 0 bridgehead atoms. The molecule has 0 spiro atoms. The van der Waals surface area contributed by atoms with Crippen LogP contribution < -0.4 is 0 Å². The first kappa shape index (κ1) is 23.3. The number of aryl methyl sites for hydroxylation is 1. The summed E-state index contributed by atoms with van der Waals surface area (Å²) in [5, 5.41) is 0. The lowest BCUT2D eigenvalue weighted by Crippen LogP contribution is -2.12. The normalized spacial score (nSPS) is 14.0. The highest BCUT2D eigenvalue weighted by Gasteiger charge is 2.19. The molecule has 5 rings (SSSR count). The first-order chi connectivity index (χ1) is 17.5. The molecule has 0 unspecified atom stereocenters. The van der Waals surface area contributed by atoms with E-state index in [0.29, 0.717) is 28.8 Å². The second-order valence-electron chi connectivity index (χ2n) is 8.81. The summed E-state index contributed by atoms with van der Waals surface area (Å²) in [7, 11) is 0. The van der Waals surface area contributed by atoms with Crippen molar-refractivity contribution < 1.29 is 9.18 Å². The molecule has 1 aliphatic carbocycles. The molecule has 0 aliphatic heterocycles. The van der Waals surface area contributed by atoms with Crippen LogP contribution in [-0.2, 0) is 6.42 Å². The van der Waals surface area contributed by atoms with Crippen LogP contribution >= 0.6 is 0 Å². The highest BCUT2D eigenvalue weighted by molar-refractivity contribution is 5.98. The smallest absolute Gasteiger partial charge is 0.164 e. The van der Waals surface area contributed by atoms with Crippen molar-refractivity contribution in [3.63, 3.8) is 0 Å². The Kier molecular flexibility index (Phi) is 6.50. The molecule has 0 N–H and O–H groups in total. The van der Waals surface area contributed by atoms with E-state index in [1.54, 1.807) is 18.6 Å². The SMILES string of the molecule is C=C(/C=C(\C=C(/C)c1cccnc1)n1cnc(-c2ccc3c(n2)CCCC3=O)c1)c1cccc(F)c1. The van der Waals surface area contributed by atoms with Crippen molar-refractivity contribution in [1.29, 1.82) is 0 Å². The van der Waals surface area contributed by atoms with Gasteiger partial charge >= 0.3 is 0 Å². The number of rotatable bonds is 6. The minimum Gasteiger partial charge on any atom is -0.306 e. The van der Waals surface area contributed by atoms with E-state index in [4.69, 9.17) is 4.98 Å². The number of halogens is 1. The van der Waals surface area contributed by atoms with E-state index in [1.807, 2.05) is 66.4 Å². The molecule has 1 aromatic carbocycles. The fourth-order valence-electron chi connectivity index (χ4n) is 4.28. The minimum atomic E-state index is -0.312. The standard InChI is InChI=1S/C30H25FN4O/c1-20(22-6-3-8-24(31)16-22)14-25(15-21(2)23-7-5-13-32-17-23)35-18-29(33-19-35)28-12-11-26-27(34-28)9-4-10-30(26)36/h3,5-8,11-19H,1,4,9-10H2,2H3/b21-15+,25-14+. The molecule has 0 saturated heterocycles. The van der Waals surface area contributed by atoms with E-state index in [-0.39, 0.29) is 11.6 Å². The lowest BCUT2D eigenvalue weighted by molar-refractivity contribution is 0.0971. The minimum absolute atomic E-state index is 0.151. The molecule has 5 nitrogen and oxygen atoms in total. The third-order valence-electron chi connectivity index (χ3n) is 6.23. The van der Waals surface area contributed by atoms with Crippen molar-refractivity contribution in [3.8, 4) is 11.4 Å². The van der Waals surface area contributed by atoms with E-state index in [1.165, 1.54) is 12.1 Å². The zero-order valence-electron chi connectivity index (χ0n) is 20.0.